The van der Waals surface area contributed by atoms with Crippen LogP contribution in [0.5, 0.6) is 0 Å². The van der Waals surface area contributed by atoms with E-state index in [0.717, 1.165) is 11.1 Å². The number of hydrogen-bond acceptors (Lipinski definition) is 4. The third kappa shape index (κ3) is 3.31. The van der Waals surface area contributed by atoms with Gasteiger partial charge in [-0.2, -0.15) is 0 Å². The lowest BCUT2D eigenvalue weighted by Crippen LogP contribution is -2.50. The second-order valence-corrected chi connectivity index (χ2v) is 6.88. The van der Waals surface area contributed by atoms with Gasteiger partial charge in [0.15, 0.2) is 0 Å². The molecule has 5 nitrogen and oxygen atoms in total. The molecule has 0 atom stereocenters. The molecule has 0 aliphatic rings. The minimum atomic E-state index is -3.76. The van der Waals surface area contributed by atoms with E-state index in [-0.39, 0.29) is 17.2 Å². The molecule has 0 aliphatic heterocycles. The van der Waals surface area contributed by atoms with E-state index in [0.29, 0.717) is 12.8 Å². The maximum atomic E-state index is 12.5. The van der Waals surface area contributed by atoms with Gasteiger partial charge in [0, 0.05) is 0 Å². The predicted octanol–water partition coefficient (Wildman–Crippen LogP) is 1.72. The van der Waals surface area contributed by atoms with Crippen molar-refractivity contribution in [3.63, 3.8) is 0 Å². The first kappa shape index (κ1) is 16.9. The van der Waals surface area contributed by atoms with Crippen LogP contribution in [0, 0.1) is 13.8 Å². The molecule has 0 bridgehead atoms. The molecule has 0 spiro atoms. The number of nitrogens with one attached hydrogen (secondary N) is 1. The molecule has 4 N–H and O–H groups in total. The van der Waals surface area contributed by atoms with Crippen molar-refractivity contribution in [3.05, 3.63) is 23.3 Å². The molecule has 1 rings (SSSR count). The Balaban J connectivity index is 3.28. The van der Waals surface area contributed by atoms with Gasteiger partial charge in [0.1, 0.15) is 4.90 Å². The smallest absolute Gasteiger partial charge is 0.243 e. The van der Waals surface area contributed by atoms with Crippen molar-refractivity contribution in [1.29, 1.82) is 0 Å². The van der Waals surface area contributed by atoms with Gasteiger partial charge in [0.25, 0.3) is 0 Å². The Hall–Kier alpha value is -1.11. The molecule has 0 heterocycles. The van der Waals surface area contributed by atoms with Crippen LogP contribution in [0.25, 0.3) is 0 Å². The van der Waals surface area contributed by atoms with Crippen molar-refractivity contribution in [2.45, 2.75) is 51.0 Å². The second-order valence-electron chi connectivity index (χ2n) is 5.23. The molecule has 20 heavy (non-hydrogen) atoms. The van der Waals surface area contributed by atoms with Gasteiger partial charge < -0.3 is 10.8 Å². The van der Waals surface area contributed by atoms with Gasteiger partial charge in [0.05, 0.1) is 17.8 Å². The van der Waals surface area contributed by atoms with E-state index in [4.69, 9.17) is 5.73 Å². The van der Waals surface area contributed by atoms with Gasteiger partial charge in [-0.05, 0) is 49.9 Å². The molecular formula is C14H24N2O3S. The first-order valence-electron chi connectivity index (χ1n) is 6.73. The zero-order valence-electron chi connectivity index (χ0n) is 12.5. The number of nitrogens with two attached hydrogens (primary N) is 1. The van der Waals surface area contributed by atoms with Crippen molar-refractivity contribution < 1.29 is 13.5 Å². The molecule has 1 aromatic carbocycles. The number of hydrogen-bond donors (Lipinski definition) is 3. The molecule has 0 saturated heterocycles. The van der Waals surface area contributed by atoms with Gasteiger partial charge in [-0.1, -0.05) is 13.8 Å². The zero-order valence-corrected chi connectivity index (χ0v) is 13.3. The van der Waals surface area contributed by atoms with E-state index in [9.17, 15) is 13.5 Å². The second kappa shape index (κ2) is 6.11. The van der Waals surface area contributed by atoms with Crippen LogP contribution in [0.15, 0.2) is 17.0 Å². The molecule has 0 aromatic heterocycles. The maximum absolute atomic E-state index is 12.5. The lowest BCUT2D eigenvalue weighted by Gasteiger charge is -2.30. The highest BCUT2D eigenvalue weighted by molar-refractivity contribution is 7.89. The first-order chi connectivity index (χ1) is 9.21. The fraction of sp³-hybridized carbons (Fsp3) is 0.571. The van der Waals surface area contributed by atoms with E-state index in [2.05, 4.69) is 4.72 Å². The first-order valence-corrected chi connectivity index (χ1v) is 8.21. The van der Waals surface area contributed by atoms with Crippen molar-refractivity contribution >= 4 is 15.7 Å². The lowest BCUT2D eigenvalue weighted by molar-refractivity contribution is 0.172. The highest BCUT2D eigenvalue weighted by atomic mass is 32.2. The fourth-order valence-electron chi connectivity index (χ4n) is 2.03. The van der Waals surface area contributed by atoms with Crippen LogP contribution >= 0.6 is 0 Å². The van der Waals surface area contributed by atoms with E-state index in [1.807, 2.05) is 27.7 Å². The van der Waals surface area contributed by atoms with Crippen LogP contribution in [0.3, 0.4) is 0 Å². The van der Waals surface area contributed by atoms with E-state index < -0.39 is 15.6 Å². The molecule has 114 valence electrons. The van der Waals surface area contributed by atoms with Crippen molar-refractivity contribution in [2.75, 3.05) is 12.3 Å². The topological polar surface area (TPSA) is 92.4 Å². The molecule has 0 unspecified atom stereocenters. The number of aliphatic hydroxyl groups is 1. The normalized spacial score (nSPS) is 12.7. The van der Waals surface area contributed by atoms with E-state index >= 15 is 0 Å². The Morgan fingerprint density at radius 3 is 2.15 bits per heavy atom. The van der Waals surface area contributed by atoms with E-state index in [1.54, 1.807) is 12.1 Å². The Morgan fingerprint density at radius 2 is 1.70 bits per heavy atom. The van der Waals surface area contributed by atoms with Crippen LogP contribution in [0.1, 0.15) is 37.8 Å². The van der Waals surface area contributed by atoms with Gasteiger partial charge in [-0.15, -0.1) is 0 Å². The summed E-state index contributed by atoms with van der Waals surface area (Å²) in [6.07, 6.45) is 1.01. The number of nitrogen functional groups attached to an aromatic ring is 1. The van der Waals surface area contributed by atoms with Gasteiger partial charge in [-0.3, -0.25) is 0 Å². The minimum Gasteiger partial charge on any atom is -0.398 e. The molecule has 0 amide bonds. The molecule has 0 radical (unpaired) electrons. The largest absolute Gasteiger partial charge is 0.398 e. The third-order valence-electron chi connectivity index (χ3n) is 3.92. The van der Waals surface area contributed by atoms with Gasteiger partial charge in [-0.25, -0.2) is 13.1 Å². The van der Waals surface area contributed by atoms with E-state index in [1.165, 1.54) is 0 Å². The summed E-state index contributed by atoms with van der Waals surface area (Å²) >= 11 is 0. The quantitative estimate of drug-likeness (QED) is 0.697. The van der Waals surface area contributed by atoms with Crippen LogP contribution in [0.2, 0.25) is 0 Å². The number of aryl methyl sites for hydroxylation is 2. The highest BCUT2D eigenvalue weighted by Crippen LogP contribution is 2.25. The summed E-state index contributed by atoms with van der Waals surface area (Å²) in [7, 11) is -3.76. The Morgan fingerprint density at radius 1 is 1.20 bits per heavy atom. The van der Waals surface area contributed by atoms with Crippen molar-refractivity contribution in [3.8, 4) is 0 Å². The van der Waals surface area contributed by atoms with Gasteiger partial charge in [0.2, 0.25) is 10.0 Å². The number of rotatable bonds is 6. The average Bonchev–Trinajstić information content (AvgIpc) is 2.40. The summed E-state index contributed by atoms with van der Waals surface area (Å²) in [5, 5.41) is 9.50. The highest BCUT2D eigenvalue weighted by Gasteiger charge is 2.32. The van der Waals surface area contributed by atoms with Crippen LogP contribution in [-0.4, -0.2) is 25.7 Å². The summed E-state index contributed by atoms with van der Waals surface area (Å²) < 4.78 is 27.6. The molecule has 0 saturated carbocycles. The number of aliphatic hydroxyl groups excluding tert-OH is 1. The number of benzene rings is 1. The molecule has 6 heteroatoms. The maximum Gasteiger partial charge on any atom is 0.243 e. The summed E-state index contributed by atoms with van der Waals surface area (Å²) in [4.78, 5) is 0.0697. The fourth-order valence-corrected chi connectivity index (χ4v) is 3.77. The zero-order chi connectivity index (χ0) is 15.6. The molecule has 0 aliphatic carbocycles. The number of anilines is 1. The van der Waals surface area contributed by atoms with Crippen molar-refractivity contribution in [1.82, 2.24) is 4.72 Å². The van der Waals surface area contributed by atoms with Crippen LogP contribution < -0.4 is 10.5 Å². The molecule has 0 fully saturated rings. The predicted molar refractivity (Wildman–Crippen MR) is 81.0 cm³/mol. The Labute approximate surface area is 121 Å². The standard InChI is InChI=1S/C14H24N2O3S/c1-5-14(6-2,9-17)16-20(18,19)13-8-11(4)10(3)7-12(13)15/h7-8,16-17H,5-6,9,15H2,1-4H3. The number of sulfonamides is 1. The molecule has 1 aromatic rings. The van der Waals surface area contributed by atoms with Crippen molar-refractivity contribution in [2.24, 2.45) is 0 Å². The Kier molecular flexibility index (Phi) is 5.18. The summed E-state index contributed by atoms with van der Waals surface area (Å²) in [6.45, 7) is 7.15. The van der Waals surface area contributed by atoms with Gasteiger partial charge >= 0.3 is 0 Å². The summed E-state index contributed by atoms with van der Waals surface area (Å²) in [6, 6.07) is 3.23. The average molecular weight is 300 g/mol. The monoisotopic (exact) mass is 300 g/mol. The minimum absolute atomic E-state index is 0.0697. The third-order valence-corrected chi connectivity index (χ3v) is 5.56. The molecular weight excluding hydrogens is 276 g/mol. The summed E-state index contributed by atoms with van der Waals surface area (Å²) in [5.74, 6) is 0. The lowest BCUT2D eigenvalue weighted by atomic mass is 9.96. The van der Waals surface area contributed by atoms with Crippen LogP contribution in [0.4, 0.5) is 5.69 Å². The summed E-state index contributed by atoms with van der Waals surface area (Å²) in [5.41, 5.74) is 7.03. The van der Waals surface area contributed by atoms with Crippen LogP contribution in [-0.2, 0) is 10.0 Å². The Bertz CT molecular complexity index is 570. The SMILES string of the molecule is CCC(CC)(CO)NS(=O)(=O)c1cc(C)c(C)cc1N.